The number of methoxy groups -OCH3 is 3. The van der Waals surface area contributed by atoms with Crippen molar-refractivity contribution in [2.75, 3.05) is 21.3 Å². The topological polar surface area (TPSA) is 58.4 Å². The summed E-state index contributed by atoms with van der Waals surface area (Å²) in [7, 11) is 2.51. The third-order valence-electron chi connectivity index (χ3n) is 4.76. The van der Waals surface area contributed by atoms with E-state index in [1.807, 2.05) is 0 Å². The summed E-state index contributed by atoms with van der Waals surface area (Å²) in [5, 5.41) is 9.52. The van der Waals surface area contributed by atoms with E-state index in [0.717, 1.165) is 17.4 Å². The average molecular weight is 452 g/mol. The molecule has 2 aromatic carbocycles. The van der Waals surface area contributed by atoms with Gasteiger partial charge in [-0.05, 0) is 12.1 Å². The van der Waals surface area contributed by atoms with Crippen LogP contribution >= 0.6 is 0 Å². The summed E-state index contributed by atoms with van der Waals surface area (Å²) in [5.41, 5.74) is 1.08. The zero-order valence-electron chi connectivity index (χ0n) is 18.2. The Labute approximate surface area is 179 Å². The van der Waals surface area contributed by atoms with Gasteiger partial charge in [-0.25, -0.2) is 4.68 Å². The van der Waals surface area contributed by atoms with Gasteiger partial charge in [0.1, 0.15) is 13.8 Å². The summed E-state index contributed by atoms with van der Waals surface area (Å²) in [4.78, 5) is 0. The van der Waals surface area contributed by atoms with Crippen LogP contribution in [0.1, 0.15) is 5.56 Å². The Morgan fingerprint density at radius 1 is 0.871 bits per heavy atom. The smallest absolute Gasteiger partial charge is 0.416 e. The number of ether oxygens (including phenoxy) is 3. The van der Waals surface area contributed by atoms with Crippen LogP contribution in [-0.2, 0) is 6.18 Å². The van der Waals surface area contributed by atoms with E-state index in [4.69, 9.17) is 14.2 Å². The van der Waals surface area contributed by atoms with Crippen molar-refractivity contribution in [2.24, 2.45) is 0 Å². The highest BCUT2D eigenvalue weighted by atomic mass is 28.3. The van der Waals surface area contributed by atoms with E-state index in [1.165, 1.54) is 33.5 Å². The maximum absolute atomic E-state index is 13.0. The van der Waals surface area contributed by atoms with Crippen LogP contribution in [-0.4, -0.2) is 44.4 Å². The Bertz CT molecular complexity index is 1050. The molecule has 0 saturated carbocycles. The maximum atomic E-state index is 13.0. The van der Waals surface area contributed by atoms with Gasteiger partial charge in [0, 0.05) is 17.7 Å². The second kappa shape index (κ2) is 8.25. The summed E-state index contributed by atoms with van der Waals surface area (Å²) >= 11 is 0. The first-order valence-electron chi connectivity index (χ1n) is 9.45. The number of rotatable bonds is 6. The monoisotopic (exact) mass is 451 g/mol. The van der Waals surface area contributed by atoms with Crippen LogP contribution in [0.2, 0.25) is 19.6 Å². The summed E-state index contributed by atoms with van der Waals surface area (Å²) < 4.78 is 56.8. The molecule has 1 aromatic heterocycles. The zero-order chi connectivity index (χ0) is 23.0. The molecule has 3 aromatic rings. The van der Waals surface area contributed by atoms with Gasteiger partial charge >= 0.3 is 6.18 Å². The molecule has 0 spiro atoms. The summed E-state index contributed by atoms with van der Waals surface area (Å²) in [6.07, 6.45) is -4.39. The van der Waals surface area contributed by atoms with Crippen molar-refractivity contribution in [3.63, 3.8) is 0 Å². The van der Waals surface area contributed by atoms with Gasteiger partial charge in [-0.2, -0.15) is 13.2 Å². The minimum absolute atomic E-state index is 0.450. The normalized spacial score (nSPS) is 12.0. The van der Waals surface area contributed by atoms with Crippen molar-refractivity contribution in [1.82, 2.24) is 15.0 Å². The highest BCUT2D eigenvalue weighted by Gasteiger charge is 2.32. The second-order valence-electron chi connectivity index (χ2n) is 7.91. The second-order valence-corrected chi connectivity index (χ2v) is 12.9. The molecule has 1 heterocycles. The lowest BCUT2D eigenvalue weighted by molar-refractivity contribution is -0.137. The number of nitrogens with zero attached hydrogens (tertiary/aromatic N) is 3. The largest absolute Gasteiger partial charge is 0.493 e. The summed E-state index contributed by atoms with van der Waals surface area (Å²) in [6.45, 7) is 6.36. The lowest BCUT2D eigenvalue weighted by atomic mass is 10.1. The van der Waals surface area contributed by atoms with Crippen LogP contribution in [0, 0.1) is 0 Å². The van der Waals surface area contributed by atoms with E-state index in [1.54, 1.807) is 16.8 Å². The van der Waals surface area contributed by atoms with Crippen LogP contribution in [0.3, 0.4) is 0 Å². The lowest BCUT2D eigenvalue weighted by Crippen LogP contribution is -2.44. The van der Waals surface area contributed by atoms with Crippen molar-refractivity contribution in [3.8, 4) is 34.2 Å². The van der Waals surface area contributed by atoms with Crippen LogP contribution in [0.15, 0.2) is 36.4 Å². The van der Waals surface area contributed by atoms with Gasteiger partial charge in [0.25, 0.3) is 0 Å². The molecule has 0 bridgehead atoms. The molecule has 3 rings (SSSR count). The van der Waals surface area contributed by atoms with Crippen LogP contribution in [0.25, 0.3) is 16.9 Å². The Kier molecular flexibility index (Phi) is 6.04. The highest BCUT2D eigenvalue weighted by molar-refractivity contribution is 6.89. The van der Waals surface area contributed by atoms with Crippen LogP contribution in [0.5, 0.6) is 17.2 Å². The maximum Gasteiger partial charge on any atom is 0.416 e. The lowest BCUT2D eigenvalue weighted by Gasteiger charge is -2.21. The number of hydrogen-bond acceptors (Lipinski definition) is 5. The molecule has 10 heteroatoms. The average Bonchev–Trinajstić information content (AvgIpc) is 3.18. The molecule has 0 aliphatic carbocycles. The Morgan fingerprint density at radius 2 is 1.42 bits per heavy atom. The van der Waals surface area contributed by atoms with Crippen molar-refractivity contribution in [1.29, 1.82) is 0 Å². The summed E-state index contributed by atoms with van der Waals surface area (Å²) in [5.74, 6) is 1.38. The Hall–Kier alpha value is -3.01. The van der Waals surface area contributed by atoms with Gasteiger partial charge < -0.3 is 14.2 Å². The highest BCUT2D eigenvalue weighted by Crippen LogP contribution is 2.39. The molecule has 0 N–H and O–H groups in total. The molecule has 0 fully saturated rings. The summed E-state index contributed by atoms with van der Waals surface area (Å²) in [6, 6.07) is 8.49. The van der Waals surface area contributed by atoms with Gasteiger partial charge in [-0.15, -0.1) is 5.10 Å². The van der Waals surface area contributed by atoms with E-state index < -0.39 is 19.8 Å². The van der Waals surface area contributed by atoms with E-state index in [9.17, 15) is 13.2 Å². The molecule has 0 saturated heterocycles. The van der Waals surface area contributed by atoms with Crippen LogP contribution in [0.4, 0.5) is 13.2 Å². The molecule has 0 amide bonds. The molecule has 31 heavy (non-hydrogen) atoms. The molecule has 0 aliphatic heterocycles. The standard InChI is InChI=1S/C21H24F3N3O3Si/c1-28-16-11-15(12-17(29-2)19(16)30-3)27-20(31(4,5)6)18(25-26-27)13-7-9-14(10-8-13)21(22,23)24/h7-12H,1-6H3. The predicted molar refractivity (Wildman–Crippen MR) is 114 cm³/mol. The third kappa shape index (κ3) is 4.39. The molecular formula is C21H24F3N3O3Si. The van der Waals surface area contributed by atoms with E-state index in [2.05, 4.69) is 30.0 Å². The quantitative estimate of drug-likeness (QED) is 0.516. The third-order valence-corrected chi connectivity index (χ3v) is 6.63. The first-order chi connectivity index (χ1) is 14.5. The molecule has 0 radical (unpaired) electrons. The minimum atomic E-state index is -4.39. The molecule has 0 aliphatic rings. The fourth-order valence-electron chi connectivity index (χ4n) is 3.34. The van der Waals surface area contributed by atoms with Crippen molar-refractivity contribution >= 4 is 13.4 Å². The molecule has 0 atom stereocenters. The molecule has 6 nitrogen and oxygen atoms in total. The number of aromatic nitrogens is 3. The number of alkyl halides is 3. The Morgan fingerprint density at radius 3 is 1.84 bits per heavy atom. The first kappa shape index (κ1) is 22.7. The predicted octanol–water partition coefficient (Wildman–Crippen LogP) is 4.52. The molecule has 166 valence electrons. The van der Waals surface area contributed by atoms with Crippen molar-refractivity contribution < 1.29 is 27.4 Å². The fourth-order valence-corrected chi connectivity index (χ4v) is 5.05. The number of halogens is 3. The van der Waals surface area contributed by atoms with Gasteiger partial charge in [0.2, 0.25) is 5.75 Å². The Balaban J connectivity index is 2.20. The van der Waals surface area contributed by atoms with Gasteiger partial charge in [-0.1, -0.05) is 37.0 Å². The van der Waals surface area contributed by atoms with Crippen LogP contribution < -0.4 is 19.5 Å². The molecular weight excluding hydrogens is 427 g/mol. The molecule has 0 unspecified atom stereocenters. The van der Waals surface area contributed by atoms with Crippen molar-refractivity contribution in [3.05, 3.63) is 42.0 Å². The number of benzene rings is 2. The van der Waals surface area contributed by atoms with E-state index in [0.29, 0.717) is 34.2 Å². The van der Waals surface area contributed by atoms with Gasteiger partial charge in [0.05, 0.1) is 37.9 Å². The van der Waals surface area contributed by atoms with Crippen molar-refractivity contribution in [2.45, 2.75) is 25.8 Å². The fraction of sp³-hybridized carbons (Fsp3) is 0.333. The first-order valence-corrected chi connectivity index (χ1v) is 13.0. The van der Waals surface area contributed by atoms with Gasteiger partial charge in [0.15, 0.2) is 11.5 Å². The SMILES string of the molecule is COc1cc(-n2nnc(-c3ccc(C(F)(F)F)cc3)c2[Si](C)(C)C)cc(OC)c1OC. The minimum Gasteiger partial charge on any atom is -0.493 e. The zero-order valence-corrected chi connectivity index (χ0v) is 19.2. The van der Waals surface area contributed by atoms with E-state index in [-0.39, 0.29) is 0 Å². The van der Waals surface area contributed by atoms with Gasteiger partial charge in [-0.3, -0.25) is 0 Å². The number of hydrogen-bond donors (Lipinski definition) is 0. The van der Waals surface area contributed by atoms with E-state index >= 15 is 0 Å².